The number of likely N-dealkylation sites (tertiary alicyclic amines) is 1. The van der Waals surface area contributed by atoms with Crippen LogP contribution in [0.1, 0.15) is 26.7 Å². The van der Waals surface area contributed by atoms with Gasteiger partial charge in [0, 0.05) is 19.5 Å². The Balaban J connectivity index is 2.35. The van der Waals surface area contributed by atoms with E-state index >= 15 is 0 Å². The van der Waals surface area contributed by atoms with Gasteiger partial charge in [-0.3, -0.25) is 4.79 Å². The van der Waals surface area contributed by atoms with Crippen molar-refractivity contribution in [2.75, 3.05) is 13.1 Å². The van der Waals surface area contributed by atoms with E-state index in [1.54, 1.807) is 6.08 Å². The number of nitrogens with zero attached hydrogens (tertiary/aromatic N) is 1. The fraction of sp³-hybridized carbons (Fsp3) is 0.583. The molecule has 0 aliphatic carbocycles. The van der Waals surface area contributed by atoms with Crippen molar-refractivity contribution in [2.24, 2.45) is 5.92 Å². The van der Waals surface area contributed by atoms with E-state index in [1.165, 1.54) is 13.0 Å². The summed E-state index contributed by atoms with van der Waals surface area (Å²) in [7, 11) is 0. The number of rotatable bonds is 4. The number of hydrogen-bond donors (Lipinski definition) is 0. The summed E-state index contributed by atoms with van der Waals surface area (Å²) in [5, 5.41) is 0. The van der Waals surface area contributed by atoms with Crippen LogP contribution in [0.25, 0.3) is 0 Å². The van der Waals surface area contributed by atoms with Gasteiger partial charge in [0.2, 0.25) is 5.91 Å². The van der Waals surface area contributed by atoms with Crippen LogP contribution in [0, 0.1) is 5.92 Å². The molecule has 0 bridgehead atoms. The predicted molar refractivity (Wildman–Crippen MR) is 59.0 cm³/mol. The van der Waals surface area contributed by atoms with E-state index in [2.05, 4.69) is 0 Å². The monoisotopic (exact) mass is 211 g/mol. The van der Waals surface area contributed by atoms with Crippen molar-refractivity contribution in [3.63, 3.8) is 0 Å². The van der Waals surface area contributed by atoms with Crippen LogP contribution in [0.2, 0.25) is 0 Å². The van der Waals surface area contributed by atoms with E-state index in [-0.39, 0.29) is 17.7 Å². The maximum atomic E-state index is 12.4. The zero-order valence-corrected chi connectivity index (χ0v) is 9.37. The third kappa shape index (κ3) is 4.28. The van der Waals surface area contributed by atoms with E-state index in [0.29, 0.717) is 6.42 Å². The molecular weight excluding hydrogens is 193 g/mol. The van der Waals surface area contributed by atoms with E-state index < -0.39 is 0 Å². The standard InChI is InChI=1S/C12H18FNO/c1-10(5-3-6-11(2)13)9-14-8-4-7-12(14)15/h3,5-6,10H,4,7-9H2,1-2H3/b5-3+,11-6+. The van der Waals surface area contributed by atoms with Crippen LogP contribution in [-0.2, 0) is 4.79 Å². The second-order valence-corrected chi connectivity index (χ2v) is 4.06. The Morgan fingerprint density at radius 1 is 1.67 bits per heavy atom. The number of amides is 1. The first-order chi connectivity index (χ1) is 7.09. The number of hydrogen-bond acceptors (Lipinski definition) is 1. The van der Waals surface area contributed by atoms with Crippen molar-refractivity contribution in [2.45, 2.75) is 26.7 Å². The van der Waals surface area contributed by atoms with Crippen molar-refractivity contribution in [1.82, 2.24) is 4.90 Å². The molecule has 1 saturated heterocycles. The van der Waals surface area contributed by atoms with E-state index in [9.17, 15) is 9.18 Å². The molecular formula is C12H18FNO. The number of halogens is 1. The molecule has 1 aliphatic heterocycles. The Morgan fingerprint density at radius 3 is 2.93 bits per heavy atom. The molecule has 2 nitrogen and oxygen atoms in total. The molecule has 1 atom stereocenters. The fourth-order valence-electron chi connectivity index (χ4n) is 1.68. The quantitative estimate of drug-likeness (QED) is 0.655. The maximum Gasteiger partial charge on any atom is 0.222 e. The minimum atomic E-state index is -0.198. The van der Waals surface area contributed by atoms with Crippen molar-refractivity contribution < 1.29 is 9.18 Å². The van der Waals surface area contributed by atoms with Gasteiger partial charge in [-0.1, -0.05) is 19.1 Å². The van der Waals surface area contributed by atoms with Gasteiger partial charge in [-0.25, -0.2) is 4.39 Å². The summed E-state index contributed by atoms with van der Waals surface area (Å²) in [4.78, 5) is 13.2. The molecule has 1 amide bonds. The van der Waals surface area contributed by atoms with E-state index in [4.69, 9.17) is 0 Å². The maximum absolute atomic E-state index is 12.4. The first-order valence-electron chi connectivity index (χ1n) is 5.38. The molecule has 0 aromatic rings. The lowest BCUT2D eigenvalue weighted by molar-refractivity contribution is -0.128. The van der Waals surface area contributed by atoms with Gasteiger partial charge in [0.25, 0.3) is 0 Å². The molecule has 15 heavy (non-hydrogen) atoms. The van der Waals surface area contributed by atoms with Crippen LogP contribution in [-0.4, -0.2) is 23.9 Å². The summed E-state index contributed by atoms with van der Waals surface area (Å²) in [5.41, 5.74) is 0. The molecule has 84 valence electrons. The Morgan fingerprint density at radius 2 is 2.40 bits per heavy atom. The molecule has 1 fully saturated rings. The van der Waals surface area contributed by atoms with Crippen LogP contribution in [0.5, 0.6) is 0 Å². The molecule has 3 heteroatoms. The molecule has 1 aliphatic rings. The molecule has 1 unspecified atom stereocenters. The van der Waals surface area contributed by atoms with Crippen LogP contribution in [0.4, 0.5) is 4.39 Å². The smallest absolute Gasteiger partial charge is 0.222 e. The lowest BCUT2D eigenvalue weighted by Gasteiger charge is -2.18. The normalized spacial score (nSPS) is 20.3. The Hall–Kier alpha value is -1.12. The summed E-state index contributed by atoms with van der Waals surface area (Å²) in [6.45, 7) is 5.06. The molecule has 0 spiro atoms. The van der Waals surface area contributed by atoms with Crippen molar-refractivity contribution in [1.29, 1.82) is 0 Å². The molecule has 0 N–H and O–H groups in total. The van der Waals surface area contributed by atoms with Gasteiger partial charge < -0.3 is 4.90 Å². The lowest BCUT2D eigenvalue weighted by Crippen LogP contribution is -2.28. The van der Waals surface area contributed by atoms with E-state index in [0.717, 1.165) is 19.5 Å². The highest BCUT2D eigenvalue weighted by molar-refractivity contribution is 5.78. The number of allylic oxidation sites excluding steroid dienone is 3. The molecule has 1 heterocycles. The molecule has 0 saturated carbocycles. The van der Waals surface area contributed by atoms with Crippen molar-refractivity contribution >= 4 is 5.91 Å². The zero-order chi connectivity index (χ0) is 11.3. The Labute approximate surface area is 90.5 Å². The average Bonchev–Trinajstić information content (AvgIpc) is 2.51. The van der Waals surface area contributed by atoms with Gasteiger partial charge in [-0.05, 0) is 25.3 Å². The highest BCUT2D eigenvalue weighted by Gasteiger charge is 2.20. The Kier molecular flexibility index (Phi) is 4.53. The van der Waals surface area contributed by atoms with Gasteiger partial charge >= 0.3 is 0 Å². The minimum Gasteiger partial charge on any atom is -0.342 e. The average molecular weight is 211 g/mol. The largest absolute Gasteiger partial charge is 0.342 e. The second kappa shape index (κ2) is 5.69. The van der Waals surface area contributed by atoms with Crippen molar-refractivity contribution in [3.05, 3.63) is 24.1 Å². The van der Waals surface area contributed by atoms with Crippen LogP contribution in [0.3, 0.4) is 0 Å². The first kappa shape index (κ1) is 12.0. The predicted octanol–water partition coefficient (Wildman–Crippen LogP) is 2.67. The number of carbonyl (C=O) groups excluding carboxylic acids is 1. The third-order valence-corrected chi connectivity index (χ3v) is 2.45. The van der Waals surface area contributed by atoms with Gasteiger partial charge in [0.05, 0.1) is 5.83 Å². The molecule has 1 rings (SSSR count). The van der Waals surface area contributed by atoms with Gasteiger partial charge in [-0.15, -0.1) is 0 Å². The lowest BCUT2D eigenvalue weighted by atomic mass is 10.1. The van der Waals surface area contributed by atoms with Gasteiger partial charge in [0.1, 0.15) is 0 Å². The van der Waals surface area contributed by atoms with Gasteiger partial charge in [-0.2, -0.15) is 0 Å². The van der Waals surface area contributed by atoms with E-state index in [1.807, 2.05) is 17.9 Å². The molecule has 0 radical (unpaired) electrons. The topological polar surface area (TPSA) is 20.3 Å². The van der Waals surface area contributed by atoms with Crippen LogP contribution < -0.4 is 0 Å². The van der Waals surface area contributed by atoms with Gasteiger partial charge in [0.15, 0.2) is 0 Å². The highest BCUT2D eigenvalue weighted by Crippen LogP contribution is 2.12. The Bertz CT molecular complexity index is 279. The molecule has 0 aromatic heterocycles. The summed E-state index contributed by atoms with van der Waals surface area (Å²) in [6.07, 6.45) is 6.72. The summed E-state index contributed by atoms with van der Waals surface area (Å²) in [6, 6.07) is 0. The first-order valence-corrected chi connectivity index (χ1v) is 5.38. The number of carbonyl (C=O) groups is 1. The fourth-order valence-corrected chi connectivity index (χ4v) is 1.68. The van der Waals surface area contributed by atoms with Crippen LogP contribution >= 0.6 is 0 Å². The second-order valence-electron chi connectivity index (χ2n) is 4.06. The summed E-state index contributed by atoms with van der Waals surface area (Å²) in [5.74, 6) is 0.325. The SMILES string of the molecule is C/C(F)=C\C=C\C(C)CN1CCCC1=O. The highest BCUT2D eigenvalue weighted by atomic mass is 19.1. The molecule has 0 aromatic carbocycles. The van der Waals surface area contributed by atoms with Crippen molar-refractivity contribution in [3.8, 4) is 0 Å². The zero-order valence-electron chi connectivity index (χ0n) is 9.37. The van der Waals surface area contributed by atoms with Crippen LogP contribution in [0.15, 0.2) is 24.1 Å². The summed E-state index contributed by atoms with van der Waals surface area (Å²) < 4.78 is 12.4. The third-order valence-electron chi connectivity index (χ3n) is 2.45. The summed E-state index contributed by atoms with van der Waals surface area (Å²) >= 11 is 0. The minimum absolute atomic E-state index is 0.198.